The molecule has 2 amide bonds. The molecule has 0 unspecified atom stereocenters. The molecule has 0 fully saturated rings. The Morgan fingerprint density at radius 3 is 2.85 bits per heavy atom. The number of aryl methyl sites for hydroxylation is 1. The van der Waals surface area contributed by atoms with E-state index in [1.807, 2.05) is 43.3 Å². The molecule has 0 atom stereocenters. The Morgan fingerprint density at radius 2 is 2.12 bits per heavy atom. The van der Waals surface area contributed by atoms with E-state index in [4.69, 9.17) is 4.74 Å². The van der Waals surface area contributed by atoms with Crippen molar-refractivity contribution in [1.82, 2.24) is 14.9 Å². The predicted octanol–water partition coefficient (Wildman–Crippen LogP) is 4.09. The van der Waals surface area contributed by atoms with Crippen LogP contribution >= 0.6 is 11.3 Å². The van der Waals surface area contributed by atoms with Crippen LogP contribution in [0.15, 0.2) is 54.9 Å². The molecule has 0 saturated carbocycles. The van der Waals surface area contributed by atoms with Crippen LogP contribution in [0.4, 0.5) is 10.5 Å². The molecule has 0 aliphatic carbocycles. The fraction of sp³-hybridized carbons (Fsp3) is 0.211. The second kappa shape index (κ2) is 8.44. The highest BCUT2D eigenvalue weighted by Gasteiger charge is 2.11. The maximum atomic E-state index is 12.4. The van der Waals surface area contributed by atoms with Gasteiger partial charge in [-0.2, -0.15) is 0 Å². The number of benzene rings is 1. The van der Waals surface area contributed by atoms with Gasteiger partial charge in [-0.15, -0.1) is 11.3 Å². The SMILES string of the molecule is Cc1ncc(CN(C)C(=O)Nc2cccc(OCc3ccccn3)c2)s1. The standard InChI is InChI=1S/C19H20N4O2S/c1-14-21-11-18(26-14)12-23(2)19(24)22-15-7-5-8-17(10-15)25-13-16-6-3-4-9-20-16/h3-11H,12-13H2,1-2H3,(H,22,24). The number of hydrogen-bond donors (Lipinski definition) is 1. The molecule has 0 aliphatic heterocycles. The zero-order valence-corrected chi connectivity index (χ0v) is 15.5. The van der Waals surface area contributed by atoms with Gasteiger partial charge in [0.1, 0.15) is 12.4 Å². The Labute approximate surface area is 156 Å². The van der Waals surface area contributed by atoms with Crippen molar-refractivity contribution in [3.05, 3.63) is 70.4 Å². The molecule has 7 heteroatoms. The van der Waals surface area contributed by atoms with E-state index in [0.717, 1.165) is 15.6 Å². The van der Waals surface area contributed by atoms with Crippen LogP contribution in [0, 0.1) is 6.92 Å². The first-order valence-electron chi connectivity index (χ1n) is 8.16. The van der Waals surface area contributed by atoms with Crippen molar-refractivity contribution in [1.29, 1.82) is 0 Å². The zero-order chi connectivity index (χ0) is 18.4. The third-order valence-corrected chi connectivity index (χ3v) is 4.50. The summed E-state index contributed by atoms with van der Waals surface area (Å²) in [5.41, 5.74) is 1.53. The number of amides is 2. The quantitative estimate of drug-likeness (QED) is 0.712. The number of anilines is 1. The number of urea groups is 1. The Hall–Kier alpha value is -2.93. The van der Waals surface area contributed by atoms with Gasteiger partial charge in [0.05, 0.1) is 17.2 Å². The van der Waals surface area contributed by atoms with Gasteiger partial charge >= 0.3 is 6.03 Å². The zero-order valence-electron chi connectivity index (χ0n) is 14.7. The minimum Gasteiger partial charge on any atom is -0.487 e. The highest BCUT2D eigenvalue weighted by Crippen LogP contribution is 2.19. The summed E-state index contributed by atoms with van der Waals surface area (Å²) in [6.45, 7) is 2.85. The Balaban J connectivity index is 1.56. The molecule has 0 aliphatic rings. The van der Waals surface area contributed by atoms with Crippen molar-refractivity contribution in [3.63, 3.8) is 0 Å². The number of pyridine rings is 1. The van der Waals surface area contributed by atoms with Crippen LogP contribution in [0.25, 0.3) is 0 Å². The van der Waals surface area contributed by atoms with Gasteiger partial charge < -0.3 is 15.0 Å². The highest BCUT2D eigenvalue weighted by atomic mass is 32.1. The summed E-state index contributed by atoms with van der Waals surface area (Å²) in [6.07, 6.45) is 3.53. The number of aromatic nitrogens is 2. The average Bonchev–Trinajstić information content (AvgIpc) is 3.06. The molecular weight excluding hydrogens is 348 g/mol. The molecule has 0 radical (unpaired) electrons. The first kappa shape index (κ1) is 17.9. The first-order chi connectivity index (χ1) is 12.6. The number of hydrogen-bond acceptors (Lipinski definition) is 5. The fourth-order valence-electron chi connectivity index (χ4n) is 2.31. The lowest BCUT2D eigenvalue weighted by molar-refractivity contribution is 0.221. The van der Waals surface area contributed by atoms with Crippen molar-refractivity contribution < 1.29 is 9.53 Å². The highest BCUT2D eigenvalue weighted by molar-refractivity contribution is 7.11. The summed E-state index contributed by atoms with van der Waals surface area (Å²) in [4.78, 5) is 23.5. The van der Waals surface area contributed by atoms with Crippen LogP contribution in [0.5, 0.6) is 5.75 Å². The van der Waals surface area contributed by atoms with Gasteiger partial charge in [0.25, 0.3) is 0 Å². The smallest absolute Gasteiger partial charge is 0.321 e. The Kier molecular flexibility index (Phi) is 5.80. The monoisotopic (exact) mass is 368 g/mol. The van der Waals surface area contributed by atoms with Crippen molar-refractivity contribution >= 4 is 23.1 Å². The van der Waals surface area contributed by atoms with Crippen LogP contribution < -0.4 is 10.1 Å². The van der Waals surface area contributed by atoms with Crippen molar-refractivity contribution in [2.75, 3.05) is 12.4 Å². The second-order valence-corrected chi connectivity index (χ2v) is 7.09. The minimum absolute atomic E-state index is 0.182. The van der Waals surface area contributed by atoms with E-state index in [9.17, 15) is 4.79 Å². The molecule has 3 aromatic rings. The van der Waals surface area contributed by atoms with Gasteiger partial charge in [0.15, 0.2) is 0 Å². The number of carbonyl (C=O) groups excluding carboxylic acids is 1. The number of nitrogens with one attached hydrogen (secondary N) is 1. The van der Waals surface area contributed by atoms with Crippen LogP contribution in [-0.2, 0) is 13.2 Å². The lowest BCUT2D eigenvalue weighted by Crippen LogP contribution is -2.30. The number of carbonyl (C=O) groups is 1. The molecule has 26 heavy (non-hydrogen) atoms. The third kappa shape index (κ3) is 5.03. The molecule has 1 aromatic carbocycles. The topological polar surface area (TPSA) is 67.4 Å². The van der Waals surface area contributed by atoms with E-state index < -0.39 is 0 Å². The molecular formula is C19H20N4O2S. The average molecular weight is 368 g/mol. The summed E-state index contributed by atoms with van der Waals surface area (Å²) < 4.78 is 5.74. The summed E-state index contributed by atoms with van der Waals surface area (Å²) in [5.74, 6) is 0.675. The molecule has 134 valence electrons. The summed E-state index contributed by atoms with van der Waals surface area (Å²) in [5, 5.41) is 3.88. The lowest BCUT2D eigenvalue weighted by atomic mass is 10.3. The Morgan fingerprint density at radius 1 is 1.23 bits per heavy atom. The van der Waals surface area contributed by atoms with E-state index in [-0.39, 0.29) is 6.03 Å². The maximum Gasteiger partial charge on any atom is 0.321 e. The van der Waals surface area contributed by atoms with E-state index in [0.29, 0.717) is 24.6 Å². The molecule has 6 nitrogen and oxygen atoms in total. The van der Waals surface area contributed by atoms with E-state index >= 15 is 0 Å². The van der Waals surface area contributed by atoms with E-state index in [1.54, 1.807) is 41.7 Å². The first-order valence-corrected chi connectivity index (χ1v) is 8.98. The van der Waals surface area contributed by atoms with Crippen LogP contribution in [-0.4, -0.2) is 27.9 Å². The Bertz CT molecular complexity index is 867. The van der Waals surface area contributed by atoms with Gasteiger partial charge in [0.2, 0.25) is 0 Å². The third-order valence-electron chi connectivity index (χ3n) is 3.61. The van der Waals surface area contributed by atoms with Crippen molar-refractivity contribution in [2.24, 2.45) is 0 Å². The minimum atomic E-state index is -0.182. The number of rotatable bonds is 6. The molecule has 0 saturated heterocycles. The molecule has 3 rings (SSSR count). The van der Waals surface area contributed by atoms with Crippen molar-refractivity contribution in [3.8, 4) is 5.75 Å². The number of thiazole rings is 1. The normalized spacial score (nSPS) is 10.4. The molecule has 2 aromatic heterocycles. The second-order valence-electron chi connectivity index (χ2n) is 5.77. The predicted molar refractivity (Wildman–Crippen MR) is 102 cm³/mol. The molecule has 1 N–H and O–H groups in total. The molecule has 0 spiro atoms. The summed E-state index contributed by atoms with van der Waals surface area (Å²) >= 11 is 1.59. The maximum absolute atomic E-state index is 12.4. The van der Waals surface area contributed by atoms with Crippen LogP contribution in [0.1, 0.15) is 15.6 Å². The molecule has 2 heterocycles. The number of ether oxygens (including phenoxy) is 1. The van der Waals surface area contributed by atoms with Gasteiger partial charge in [-0.1, -0.05) is 12.1 Å². The van der Waals surface area contributed by atoms with Crippen molar-refractivity contribution in [2.45, 2.75) is 20.1 Å². The number of nitrogens with zero attached hydrogens (tertiary/aromatic N) is 3. The largest absolute Gasteiger partial charge is 0.487 e. The summed E-state index contributed by atoms with van der Waals surface area (Å²) in [6, 6.07) is 12.8. The van der Waals surface area contributed by atoms with Gasteiger partial charge in [-0.3, -0.25) is 4.98 Å². The van der Waals surface area contributed by atoms with Crippen LogP contribution in [0.3, 0.4) is 0 Å². The lowest BCUT2D eigenvalue weighted by Gasteiger charge is -2.17. The van der Waals surface area contributed by atoms with E-state index in [2.05, 4.69) is 15.3 Å². The van der Waals surface area contributed by atoms with E-state index in [1.165, 1.54) is 0 Å². The van der Waals surface area contributed by atoms with Gasteiger partial charge in [-0.25, -0.2) is 9.78 Å². The van der Waals surface area contributed by atoms with Gasteiger partial charge in [-0.05, 0) is 31.2 Å². The van der Waals surface area contributed by atoms with Gasteiger partial charge in [0, 0.05) is 36.1 Å². The van der Waals surface area contributed by atoms with Crippen LogP contribution in [0.2, 0.25) is 0 Å². The fourth-order valence-corrected chi connectivity index (χ4v) is 3.16. The molecule has 0 bridgehead atoms. The summed E-state index contributed by atoms with van der Waals surface area (Å²) in [7, 11) is 1.76.